The molecule has 0 spiro atoms. The molecule has 0 unspecified atom stereocenters. The number of aryl methyl sites for hydroxylation is 4. The van der Waals surface area contributed by atoms with Gasteiger partial charge >= 0.3 is 0 Å². The van der Waals surface area contributed by atoms with Crippen LogP contribution in [0.4, 0.5) is 0 Å². The van der Waals surface area contributed by atoms with Gasteiger partial charge in [0.2, 0.25) is 0 Å². The van der Waals surface area contributed by atoms with E-state index in [1.165, 1.54) is 61.2 Å². The first-order chi connectivity index (χ1) is 16.6. The van der Waals surface area contributed by atoms with Gasteiger partial charge in [-0.1, -0.05) is 97.1 Å². The standard InChI is InChI=1S/C33H29N/c1-22-13-5-9-17-26(22)30-21-34-33(29-20-12-8-16-25(29)4)32(28-19-11-7-15-24(28)3)31(30)27-18-10-6-14-23(27)2/h5-21H,1-4H3. The molecule has 0 aliphatic rings. The molecule has 1 aromatic heterocycles. The van der Waals surface area contributed by atoms with Gasteiger partial charge in [-0.05, 0) is 66.6 Å². The minimum atomic E-state index is 1.03. The number of nitrogens with zero attached hydrogens (tertiary/aromatic N) is 1. The minimum absolute atomic E-state index is 1.03. The molecule has 4 aromatic carbocycles. The van der Waals surface area contributed by atoms with Crippen LogP contribution >= 0.6 is 0 Å². The molecule has 1 heterocycles. The predicted octanol–water partition coefficient (Wildman–Crippen LogP) is 8.98. The molecule has 166 valence electrons. The van der Waals surface area contributed by atoms with Crippen molar-refractivity contribution in [1.29, 1.82) is 0 Å². The average Bonchev–Trinajstić information content (AvgIpc) is 2.85. The Balaban J connectivity index is 1.99. The van der Waals surface area contributed by atoms with Gasteiger partial charge in [0.05, 0.1) is 5.69 Å². The highest BCUT2D eigenvalue weighted by molar-refractivity contribution is 6.01. The van der Waals surface area contributed by atoms with E-state index in [4.69, 9.17) is 4.98 Å². The van der Waals surface area contributed by atoms with Crippen molar-refractivity contribution in [3.63, 3.8) is 0 Å². The van der Waals surface area contributed by atoms with E-state index in [1.807, 2.05) is 0 Å². The van der Waals surface area contributed by atoms with Gasteiger partial charge in [-0.15, -0.1) is 0 Å². The molecule has 0 radical (unpaired) electrons. The molecular formula is C33H29N. The van der Waals surface area contributed by atoms with Crippen LogP contribution in [0.3, 0.4) is 0 Å². The van der Waals surface area contributed by atoms with Crippen LogP contribution in [0.2, 0.25) is 0 Å². The van der Waals surface area contributed by atoms with Crippen molar-refractivity contribution in [2.24, 2.45) is 0 Å². The second-order valence-corrected chi connectivity index (χ2v) is 9.03. The minimum Gasteiger partial charge on any atom is -0.255 e. The number of benzene rings is 4. The molecule has 0 N–H and O–H groups in total. The summed E-state index contributed by atoms with van der Waals surface area (Å²) in [5.41, 5.74) is 14.5. The monoisotopic (exact) mass is 439 g/mol. The van der Waals surface area contributed by atoms with E-state index in [0.29, 0.717) is 0 Å². The Kier molecular flexibility index (Phi) is 5.86. The molecule has 0 saturated carbocycles. The van der Waals surface area contributed by atoms with E-state index in [2.05, 4.69) is 131 Å². The van der Waals surface area contributed by atoms with Gasteiger partial charge in [0.1, 0.15) is 0 Å². The fourth-order valence-corrected chi connectivity index (χ4v) is 4.88. The Hall–Kier alpha value is -3.97. The molecule has 0 amide bonds. The summed E-state index contributed by atoms with van der Waals surface area (Å²) in [6, 6.07) is 34.5. The van der Waals surface area contributed by atoms with Gasteiger partial charge in [-0.2, -0.15) is 0 Å². The second-order valence-electron chi connectivity index (χ2n) is 9.03. The first-order valence-corrected chi connectivity index (χ1v) is 11.8. The zero-order valence-electron chi connectivity index (χ0n) is 20.3. The molecule has 0 saturated heterocycles. The normalized spacial score (nSPS) is 10.9. The Morgan fingerprint density at radius 1 is 0.382 bits per heavy atom. The van der Waals surface area contributed by atoms with Crippen molar-refractivity contribution in [3.05, 3.63) is 126 Å². The van der Waals surface area contributed by atoms with Gasteiger partial charge in [-0.3, -0.25) is 4.98 Å². The lowest BCUT2D eigenvalue weighted by atomic mass is 9.82. The molecule has 34 heavy (non-hydrogen) atoms. The van der Waals surface area contributed by atoms with E-state index in [1.54, 1.807) is 0 Å². The molecular weight excluding hydrogens is 410 g/mol. The van der Waals surface area contributed by atoms with Crippen molar-refractivity contribution >= 4 is 0 Å². The average molecular weight is 440 g/mol. The quantitative estimate of drug-likeness (QED) is 0.272. The third kappa shape index (κ3) is 3.84. The van der Waals surface area contributed by atoms with Gasteiger partial charge in [-0.25, -0.2) is 0 Å². The Labute approximate surface area is 202 Å². The maximum atomic E-state index is 5.16. The van der Waals surface area contributed by atoms with Crippen LogP contribution in [-0.2, 0) is 0 Å². The molecule has 0 fully saturated rings. The highest BCUT2D eigenvalue weighted by Crippen LogP contribution is 2.46. The van der Waals surface area contributed by atoms with E-state index in [9.17, 15) is 0 Å². The molecule has 0 aliphatic heterocycles. The molecule has 0 atom stereocenters. The van der Waals surface area contributed by atoms with Gasteiger partial charge in [0.25, 0.3) is 0 Å². The van der Waals surface area contributed by atoms with Crippen LogP contribution in [0.5, 0.6) is 0 Å². The van der Waals surface area contributed by atoms with Crippen LogP contribution in [-0.4, -0.2) is 4.98 Å². The van der Waals surface area contributed by atoms with E-state index in [-0.39, 0.29) is 0 Å². The van der Waals surface area contributed by atoms with Crippen molar-refractivity contribution in [1.82, 2.24) is 4.98 Å². The molecule has 1 nitrogen and oxygen atoms in total. The Bertz CT molecular complexity index is 1380. The molecule has 0 aliphatic carbocycles. The highest BCUT2D eigenvalue weighted by Gasteiger charge is 2.23. The number of hydrogen-bond donors (Lipinski definition) is 0. The third-order valence-electron chi connectivity index (χ3n) is 6.74. The molecule has 1 heteroatoms. The molecule has 5 aromatic rings. The first kappa shape index (κ1) is 21.9. The van der Waals surface area contributed by atoms with E-state index >= 15 is 0 Å². The van der Waals surface area contributed by atoms with Crippen LogP contribution < -0.4 is 0 Å². The summed E-state index contributed by atoms with van der Waals surface area (Å²) in [4.78, 5) is 5.16. The lowest BCUT2D eigenvalue weighted by molar-refractivity contribution is 1.29. The van der Waals surface area contributed by atoms with Crippen molar-refractivity contribution in [2.75, 3.05) is 0 Å². The number of pyridine rings is 1. The molecule has 5 rings (SSSR count). The number of rotatable bonds is 4. The summed E-state index contributed by atoms with van der Waals surface area (Å²) < 4.78 is 0. The summed E-state index contributed by atoms with van der Waals surface area (Å²) in [6.45, 7) is 8.74. The smallest absolute Gasteiger partial charge is 0.0789 e. The van der Waals surface area contributed by atoms with Crippen LogP contribution in [0.15, 0.2) is 103 Å². The highest BCUT2D eigenvalue weighted by atomic mass is 14.7. The summed E-state index contributed by atoms with van der Waals surface area (Å²) in [7, 11) is 0. The maximum absolute atomic E-state index is 5.16. The van der Waals surface area contributed by atoms with Crippen LogP contribution in [0.1, 0.15) is 22.3 Å². The van der Waals surface area contributed by atoms with Crippen LogP contribution in [0, 0.1) is 27.7 Å². The fourth-order valence-electron chi connectivity index (χ4n) is 4.88. The SMILES string of the molecule is Cc1ccccc1-c1cnc(-c2ccccc2C)c(-c2ccccc2C)c1-c1ccccc1C. The van der Waals surface area contributed by atoms with Gasteiger partial charge < -0.3 is 0 Å². The van der Waals surface area contributed by atoms with Crippen molar-refractivity contribution in [2.45, 2.75) is 27.7 Å². The van der Waals surface area contributed by atoms with Gasteiger partial charge in [0.15, 0.2) is 0 Å². The maximum Gasteiger partial charge on any atom is 0.0789 e. The summed E-state index contributed by atoms with van der Waals surface area (Å²) in [5.74, 6) is 0. The first-order valence-electron chi connectivity index (χ1n) is 11.8. The van der Waals surface area contributed by atoms with Crippen molar-refractivity contribution < 1.29 is 0 Å². The van der Waals surface area contributed by atoms with Gasteiger partial charge in [0, 0.05) is 28.5 Å². The largest absolute Gasteiger partial charge is 0.255 e. The van der Waals surface area contributed by atoms with E-state index in [0.717, 1.165) is 5.69 Å². The Morgan fingerprint density at radius 2 is 0.765 bits per heavy atom. The lowest BCUT2D eigenvalue weighted by Gasteiger charge is -2.23. The summed E-state index contributed by atoms with van der Waals surface area (Å²) in [6.07, 6.45) is 2.08. The topological polar surface area (TPSA) is 12.9 Å². The predicted molar refractivity (Wildman–Crippen MR) is 145 cm³/mol. The third-order valence-corrected chi connectivity index (χ3v) is 6.74. The fraction of sp³-hybridized carbons (Fsp3) is 0.121. The zero-order chi connectivity index (χ0) is 23.7. The molecule has 0 bridgehead atoms. The lowest BCUT2D eigenvalue weighted by Crippen LogP contribution is -2.00. The Morgan fingerprint density at radius 3 is 1.24 bits per heavy atom. The van der Waals surface area contributed by atoms with Crippen LogP contribution in [0.25, 0.3) is 44.6 Å². The number of hydrogen-bond acceptors (Lipinski definition) is 1. The summed E-state index contributed by atoms with van der Waals surface area (Å²) in [5, 5.41) is 0. The summed E-state index contributed by atoms with van der Waals surface area (Å²) >= 11 is 0. The second kappa shape index (κ2) is 9.11. The zero-order valence-corrected chi connectivity index (χ0v) is 20.3. The van der Waals surface area contributed by atoms with E-state index < -0.39 is 0 Å². The van der Waals surface area contributed by atoms with Crippen molar-refractivity contribution in [3.8, 4) is 44.6 Å². The number of aromatic nitrogens is 1.